The average Bonchev–Trinajstić information content (AvgIpc) is 3.14. The first-order chi connectivity index (χ1) is 14.4. The maximum Gasteiger partial charge on any atom is 0.195 e. The summed E-state index contributed by atoms with van der Waals surface area (Å²) in [4.78, 5) is 19.2. The number of H-pyrrole nitrogens is 1. The Labute approximate surface area is 178 Å². The number of benzene rings is 2. The molecule has 30 heavy (non-hydrogen) atoms. The fourth-order valence-electron chi connectivity index (χ4n) is 4.74. The van der Waals surface area contributed by atoms with Crippen molar-refractivity contribution in [3.05, 3.63) is 69.9 Å². The molecule has 1 fully saturated rings. The Balaban J connectivity index is 1.57. The monoisotopic (exact) mass is 417 g/mol. The summed E-state index contributed by atoms with van der Waals surface area (Å²) in [6.07, 6.45) is 0. The number of nitriles is 1. The first-order valence-corrected chi connectivity index (χ1v) is 11.7. The summed E-state index contributed by atoms with van der Waals surface area (Å²) in [5.41, 5.74) is 5.64. The van der Waals surface area contributed by atoms with Gasteiger partial charge in [-0.05, 0) is 23.3 Å². The molecule has 0 saturated carbocycles. The molecule has 1 saturated heterocycles. The van der Waals surface area contributed by atoms with Gasteiger partial charge in [0.05, 0.1) is 17.2 Å². The summed E-state index contributed by atoms with van der Waals surface area (Å²) in [5, 5.41) is 10.1. The zero-order valence-electron chi connectivity index (χ0n) is 17.1. The lowest BCUT2D eigenvalue weighted by Gasteiger charge is -2.33. The topological polar surface area (TPSA) is 77.0 Å². The van der Waals surface area contributed by atoms with Gasteiger partial charge >= 0.3 is 0 Å². The Morgan fingerprint density at radius 1 is 1.17 bits per heavy atom. The number of carbonyl (C=O) groups excluding carboxylic acids is 1. The van der Waals surface area contributed by atoms with E-state index >= 15 is 0 Å². The fraction of sp³-hybridized carbons (Fsp3) is 0.333. The van der Waals surface area contributed by atoms with Gasteiger partial charge in [0.2, 0.25) is 0 Å². The molecule has 1 aliphatic heterocycles. The molecule has 2 aromatic carbocycles. The Hall–Kier alpha value is -2.75. The fourth-order valence-corrected chi connectivity index (χ4v) is 5.87. The third-order valence-corrected chi connectivity index (χ3v) is 7.73. The quantitative estimate of drug-likeness (QED) is 0.693. The molecular weight excluding hydrogens is 394 g/mol. The van der Waals surface area contributed by atoms with Crippen molar-refractivity contribution in [2.24, 2.45) is 0 Å². The Morgan fingerprint density at radius 3 is 2.67 bits per heavy atom. The maximum absolute atomic E-state index is 13.4. The van der Waals surface area contributed by atoms with Crippen molar-refractivity contribution < 1.29 is 9.00 Å². The highest BCUT2D eigenvalue weighted by Gasteiger charge is 2.39. The van der Waals surface area contributed by atoms with Gasteiger partial charge in [-0.15, -0.1) is 0 Å². The molecule has 0 bridgehead atoms. The van der Waals surface area contributed by atoms with E-state index in [1.54, 1.807) is 6.07 Å². The molecule has 152 valence electrons. The van der Waals surface area contributed by atoms with E-state index in [2.05, 4.69) is 35.9 Å². The van der Waals surface area contributed by atoms with Crippen LogP contribution in [0.25, 0.3) is 10.9 Å². The predicted octanol–water partition coefficient (Wildman–Crippen LogP) is 3.47. The molecule has 6 heteroatoms. The standard InChI is InChI=1S/C24H23N3O2S/c1-24(2)19-11-16(14-27-7-9-30(29)10-8-27)4-5-17(19)22(28)21-18-6-3-15(13-25)12-20(18)26-23(21)24/h3-6,11-12,26H,7-10,14H2,1-2H3. The molecule has 0 amide bonds. The van der Waals surface area contributed by atoms with Crippen LogP contribution in [0.2, 0.25) is 0 Å². The van der Waals surface area contributed by atoms with Crippen LogP contribution < -0.4 is 0 Å². The zero-order valence-corrected chi connectivity index (χ0v) is 17.9. The Morgan fingerprint density at radius 2 is 1.93 bits per heavy atom. The zero-order chi connectivity index (χ0) is 21.0. The number of fused-ring (bicyclic) bond motifs is 4. The van der Waals surface area contributed by atoms with Gasteiger partial charge in [-0.3, -0.25) is 13.9 Å². The first kappa shape index (κ1) is 19.2. The molecule has 1 N–H and O–H groups in total. The summed E-state index contributed by atoms with van der Waals surface area (Å²) < 4.78 is 11.6. The second-order valence-corrected chi connectivity index (χ2v) is 10.4. The van der Waals surface area contributed by atoms with Gasteiger partial charge in [0.15, 0.2) is 5.78 Å². The summed E-state index contributed by atoms with van der Waals surface area (Å²) in [6.45, 7) is 6.79. The van der Waals surface area contributed by atoms with Crippen LogP contribution in [0.3, 0.4) is 0 Å². The van der Waals surface area contributed by atoms with E-state index in [9.17, 15) is 14.3 Å². The summed E-state index contributed by atoms with van der Waals surface area (Å²) >= 11 is 0. The van der Waals surface area contributed by atoms with Gasteiger partial charge in [0, 0.05) is 69.5 Å². The predicted molar refractivity (Wildman–Crippen MR) is 118 cm³/mol. The van der Waals surface area contributed by atoms with E-state index in [-0.39, 0.29) is 11.2 Å². The van der Waals surface area contributed by atoms with Crippen LogP contribution >= 0.6 is 0 Å². The number of hydrogen-bond acceptors (Lipinski definition) is 4. The van der Waals surface area contributed by atoms with Crippen molar-refractivity contribution in [1.29, 1.82) is 5.26 Å². The molecule has 3 aromatic rings. The lowest BCUT2D eigenvalue weighted by molar-refractivity contribution is 0.103. The molecule has 5 rings (SSSR count). The van der Waals surface area contributed by atoms with Crippen LogP contribution in [-0.4, -0.2) is 44.5 Å². The van der Waals surface area contributed by atoms with Crippen LogP contribution in [0, 0.1) is 11.3 Å². The number of rotatable bonds is 2. The minimum atomic E-state index is -0.684. The van der Waals surface area contributed by atoms with Crippen molar-refractivity contribution in [3.63, 3.8) is 0 Å². The normalized spacial score (nSPS) is 18.8. The van der Waals surface area contributed by atoms with Gasteiger partial charge < -0.3 is 4.98 Å². The number of hydrogen-bond donors (Lipinski definition) is 1. The lowest BCUT2D eigenvalue weighted by Crippen LogP contribution is -2.37. The third-order valence-electron chi connectivity index (χ3n) is 6.46. The van der Waals surface area contributed by atoms with Crippen LogP contribution in [0.5, 0.6) is 0 Å². The number of aromatic amines is 1. The summed E-state index contributed by atoms with van der Waals surface area (Å²) in [7, 11) is -0.684. The summed E-state index contributed by atoms with van der Waals surface area (Å²) in [6, 6.07) is 13.8. The highest BCUT2D eigenvalue weighted by molar-refractivity contribution is 7.85. The second-order valence-electron chi connectivity index (χ2n) is 8.71. The van der Waals surface area contributed by atoms with E-state index in [1.807, 2.05) is 24.3 Å². The molecule has 0 atom stereocenters. The molecular formula is C24H23N3O2S. The minimum Gasteiger partial charge on any atom is -0.357 e. The number of aromatic nitrogens is 1. The van der Waals surface area contributed by atoms with E-state index in [4.69, 9.17) is 0 Å². The first-order valence-electron chi connectivity index (χ1n) is 10.2. The lowest BCUT2D eigenvalue weighted by atomic mass is 9.71. The van der Waals surface area contributed by atoms with E-state index in [0.29, 0.717) is 5.56 Å². The molecule has 2 aliphatic rings. The van der Waals surface area contributed by atoms with E-state index in [1.165, 1.54) is 5.56 Å². The van der Waals surface area contributed by atoms with E-state index < -0.39 is 10.8 Å². The highest BCUT2D eigenvalue weighted by Crippen LogP contribution is 2.44. The highest BCUT2D eigenvalue weighted by atomic mass is 32.2. The molecule has 0 unspecified atom stereocenters. The van der Waals surface area contributed by atoms with Crippen molar-refractivity contribution in [1.82, 2.24) is 9.88 Å². The number of ketones is 1. The van der Waals surface area contributed by atoms with Crippen LogP contribution in [-0.2, 0) is 22.8 Å². The van der Waals surface area contributed by atoms with Crippen LogP contribution in [0.1, 0.15) is 52.2 Å². The van der Waals surface area contributed by atoms with Crippen molar-refractivity contribution in [3.8, 4) is 6.07 Å². The number of nitrogens with one attached hydrogen (secondary N) is 1. The van der Waals surface area contributed by atoms with Crippen LogP contribution in [0.4, 0.5) is 0 Å². The van der Waals surface area contributed by atoms with Gasteiger partial charge in [-0.1, -0.05) is 38.1 Å². The van der Waals surface area contributed by atoms with Crippen molar-refractivity contribution in [2.75, 3.05) is 24.6 Å². The Bertz CT molecular complexity index is 1260. The SMILES string of the molecule is CC1(C)c2cc(CN3CCS(=O)CC3)ccc2C(=O)c2c1[nH]c1cc(C#N)ccc21. The summed E-state index contributed by atoms with van der Waals surface area (Å²) in [5.74, 6) is 1.51. The Kier molecular flexibility index (Phi) is 4.42. The average molecular weight is 418 g/mol. The molecule has 1 aliphatic carbocycles. The van der Waals surface area contributed by atoms with Gasteiger partial charge in [-0.25, -0.2) is 0 Å². The largest absolute Gasteiger partial charge is 0.357 e. The maximum atomic E-state index is 13.4. The van der Waals surface area contributed by atoms with Gasteiger partial charge in [-0.2, -0.15) is 5.26 Å². The molecule has 0 spiro atoms. The van der Waals surface area contributed by atoms with Gasteiger partial charge in [0.1, 0.15) is 0 Å². The third kappa shape index (κ3) is 2.92. The minimum absolute atomic E-state index is 0.0372. The van der Waals surface area contributed by atoms with Gasteiger partial charge in [0.25, 0.3) is 0 Å². The number of nitrogens with zero attached hydrogens (tertiary/aromatic N) is 2. The van der Waals surface area contributed by atoms with Crippen LogP contribution in [0.15, 0.2) is 36.4 Å². The number of carbonyl (C=O) groups is 1. The smallest absolute Gasteiger partial charge is 0.195 e. The second kappa shape index (κ2) is 6.90. The van der Waals surface area contributed by atoms with Crippen molar-refractivity contribution >= 4 is 27.5 Å². The van der Waals surface area contributed by atoms with Crippen molar-refractivity contribution in [2.45, 2.75) is 25.8 Å². The molecule has 5 nitrogen and oxygen atoms in total. The van der Waals surface area contributed by atoms with E-state index in [0.717, 1.165) is 64.4 Å². The molecule has 1 aromatic heterocycles. The molecule has 0 radical (unpaired) electrons. The molecule has 2 heterocycles.